The van der Waals surface area contributed by atoms with Crippen molar-refractivity contribution < 1.29 is 23.1 Å². The molecule has 0 atom stereocenters. The van der Waals surface area contributed by atoms with Gasteiger partial charge in [-0.3, -0.25) is 13.8 Å². The van der Waals surface area contributed by atoms with E-state index in [9.17, 15) is 9.36 Å². The first-order valence-corrected chi connectivity index (χ1v) is 7.54. The highest BCUT2D eigenvalue weighted by atomic mass is 31.2. The van der Waals surface area contributed by atoms with Gasteiger partial charge in [0.25, 0.3) is 0 Å². The number of hydrogen-bond donors (Lipinski definition) is 0. The lowest BCUT2D eigenvalue weighted by atomic mass is 10.2. The van der Waals surface area contributed by atoms with Gasteiger partial charge in [0.1, 0.15) is 11.4 Å². The van der Waals surface area contributed by atoms with E-state index in [1.165, 1.54) is 4.67 Å². The molecule has 0 aliphatic carbocycles. The van der Waals surface area contributed by atoms with Crippen LogP contribution in [0, 0.1) is 0 Å². The first-order chi connectivity index (χ1) is 9.16. The largest absolute Gasteiger partial charge is 0.470 e. The van der Waals surface area contributed by atoms with Crippen LogP contribution in [0.5, 0.6) is 5.75 Å². The van der Waals surface area contributed by atoms with Crippen LogP contribution in [0.25, 0.3) is 0 Å². The van der Waals surface area contributed by atoms with E-state index in [4.69, 9.17) is 13.8 Å². The molecule has 0 N–H and O–H groups in total. The molecule has 0 saturated heterocycles. The van der Waals surface area contributed by atoms with Gasteiger partial charge in [-0.05, 0) is 26.0 Å². The number of carbonyl (C=O) groups excluding carboxylic acids is 1. The number of ether oxygens (including phenoxy) is 1. The Balaban J connectivity index is 2.45. The average molecular weight is 285 g/mol. The van der Waals surface area contributed by atoms with Crippen molar-refractivity contribution in [1.29, 1.82) is 0 Å². The minimum absolute atomic E-state index is 0.0392. The number of nitrogens with zero attached hydrogens (tertiary/aromatic N) is 1. The second-order valence-corrected chi connectivity index (χ2v) is 5.73. The van der Waals surface area contributed by atoms with Gasteiger partial charge in [-0.15, -0.1) is 0 Å². The lowest BCUT2D eigenvalue weighted by Crippen LogP contribution is -2.22. The van der Waals surface area contributed by atoms with Gasteiger partial charge in [0.2, 0.25) is 0 Å². The van der Waals surface area contributed by atoms with Crippen LogP contribution in [0.15, 0.2) is 18.2 Å². The number of fused-ring (bicyclic) bond motifs is 1. The van der Waals surface area contributed by atoms with Crippen molar-refractivity contribution in [3.8, 4) is 5.75 Å². The highest BCUT2D eigenvalue weighted by Crippen LogP contribution is 2.58. The lowest BCUT2D eigenvalue weighted by Gasteiger charge is -2.26. The summed E-state index contributed by atoms with van der Waals surface area (Å²) < 4.78 is 30.1. The maximum absolute atomic E-state index is 12.7. The van der Waals surface area contributed by atoms with Gasteiger partial charge in [0.05, 0.1) is 13.2 Å². The maximum Gasteiger partial charge on any atom is 0.438 e. The third-order valence-electron chi connectivity index (χ3n) is 2.64. The molecule has 1 aliphatic rings. The SMILES string of the molecule is CCOP(=O)(OCC)N1COc2cccc(C=O)c21. The van der Waals surface area contributed by atoms with Crippen molar-refractivity contribution in [3.05, 3.63) is 23.8 Å². The number of benzene rings is 1. The van der Waals surface area contributed by atoms with Crippen LogP contribution >= 0.6 is 7.75 Å². The zero-order valence-corrected chi connectivity index (χ0v) is 11.8. The first kappa shape index (κ1) is 14.1. The summed E-state index contributed by atoms with van der Waals surface area (Å²) in [6.45, 7) is 3.99. The molecule has 0 aromatic heterocycles. The van der Waals surface area contributed by atoms with Gasteiger partial charge in [0, 0.05) is 5.56 Å². The topological polar surface area (TPSA) is 65.1 Å². The minimum Gasteiger partial charge on any atom is -0.470 e. The molecule has 0 fully saturated rings. The molecule has 19 heavy (non-hydrogen) atoms. The van der Waals surface area contributed by atoms with Gasteiger partial charge in [-0.25, -0.2) is 9.24 Å². The van der Waals surface area contributed by atoms with Gasteiger partial charge < -0.3 is 4.74 Å². The number of anilines is 1. The van der Waals surface area contributed by atoms with Crippen LogP contribution < -0.4 is 9.41 Å². The van der Waals surface area contributed by atoms with E-state index in [0.29, 0.717) is 23.3 Å². The van der Waals surface area contributed by atoms with Gasteiger partial charge >= 0.3 is 7.75 Å². The predicted octanol–water partition coefficient (Wildman–Crippen LogP) is 2.84. The Morgan fingerprint density at radius 1 is 1.37 bits per heavy atom. The van der Waals surface area contributed by atoms with Gasteiger partial charge in [-0.2, -0.15) is 0 Å². The Morgan fingerprint density at radius 3 is 2.63 bits per heavy atom. The Hall–Kier alpha value is -1.36. The van der Waals surface area contributed by atoms with E-state index in [-0.39, 0.29) is 19.9 Å². The fourth-order valence-corrected chi connectivity index (χ4v) is 3.58. The maximum atomic E-state index is 12.7. The zero-order valence-electron chi connectivity index (χ0n) is 10.9. The van der Waals surface area contributed by atoms with Crippen molar-refractivity contribution in [2.45, 2.75) is 13.8 Å². The number of hydrogen-bond acceptors (Lipinski definition) is 5. The Morgan fingerprint density at radius 2 is 2.05 bits per heavy atom. The summed E-state index contributed by atoms with van der Waals surface area (Å²) in [7, 11) is -3.49. The summed E-state index contributed by atoms with van der Waals surface area (Å²) in [6.07, 6.45) is 0.697. The summed E-state index contributed by atoms with van der Waals surface area (Å²) in [4.78, 5) is 11.1. The molecule has 0 spiro atoms. The van der Waals surface area contributed by atoms with Crippen LogP contribution in [0.3, 0.4) is 0 Å². The van der Waals surface area contributed by atoms with E-state index in [1.54, 1.807) is 32.0 Å². The Kier molecular flexibility index (Phi) is 4.24. The molecule has 1 aromatic rings. The molecule has 1 aromatic carbocycles. The fourth-order valence-electron chi connectivity index (χ4n) is 1.92. The molecule has 0 radical (unpaired) electrons. The average Bonchev–Trinajstić information content (AvgIpc) is 2.83. The molecule has 0 amide bonds. The molecule has 0 unspecified atom stereocenters. The van der Waals surface area contributed by atoms with Gasteiger partial charge in [-0.1, -0.05) is 6.07 Å². The smallest absolute Gasteiger partial charge is 0.438 e. The first-order valence-electron chi connectivity index (χ1n) is 6.04. The molecule has 104 valence electrons. The number of carbonyl (C=O) groups is 1. The molecule has 0 bridgehead atoms. The van der Waals surface area contributed by atoms with Crippen LogP contribution in [0.2, 0.25) is 0 Å². The minimum atomic E-state index is -3.49. The predicted molar refractivity (Wildman–Crippen MR) is 70.7 cm³/mol. The van der Waals surface area contributed by atoms with Crippen LogP contribution in [0.4, 0.5) is 5.69 Å². The van der Waals surface area contributed by atoms with E-state index >= 15 is 0 Å². The zero-order chi connectivity index (χ0) is 13.9. The van der Waals surface area contributed by atoms with E-state index in [0.717, 1.165) is 0 Å². The van der Waals surface area contributed by atoms with Crippen LogP contribution in [-0.2, 0) is 13.6 Å². The standard InChI is InChI=1S/C12H16NO5P/c1-3-17-19(15,18-4-2)13-9-16-11-7-5-6-10(8-14)12(11)13/h5-8H,3-4,9H2,1-2H3. The van der Waals surface area contributed by atoms with Crippen LogP contribution in [-0.4, -0.2) is 26.2 Å². The third-order valence-corrected chi connectivity index (χ3v) is 4.71. The molecule has 7 heteroatoms. The second-order valence-electron chi connectivity index (χ2n) is 3.79. The molecular weight excluding hydrogens is 269 g/mol. The fraction of sp³-hybridized carbons (Fsp3) is 0.417. The summed E-state index contributed by atoms with van der Waals surface area (Å²) in [5, 5.41) is 0. The van der Waals surface area contributed by atoms with Crippen LogP contribution in [0.1, 0.15) is 24.2 Å². The molecule has 0 saturated carbocycles. The van der Waals surface area contributed by atoms with Crippen molar-refractivity contribution in [3.63, 3.8) is 0 Å². The summed E-state index contributed by atoms with van der Waals surface area (Å²) in [5.74, 6) is 0.504. The molecule has 1 aliphatic heterocycles. The van der Waals surface area contributed by atoms with Crippen molar-refractivity contribution in [1.82, 2.24) is 0 Å². The highest BCUT2D eigenvalue weighted by molar-refractivity contribution is 7.55. The molecule has 2 rings (SSSR count). The number of rotatable bonds is 6. The van der Waals surface area contributed by atoms with Crippen molar-refractivity contribution >= 4 is 19.7 Å². The number of para-hydroxylation sites is 1. The third kappa shape index (κ3) is 2.52. The summed E-state index contributed by atoms with van der Waals surface area (Å²) in [5.41, 5.74) is 0.859. The lowest BCUT2D eigenvalue weighted by molar-refractivity contribution is 0.112. The van der Waals surface area contributed by atoms with E-state index in [2.05, 4.69) is 0 Å². The Bertz CT molecular complexity index is 509. The van der Waals surface area contributed by atoms with Gasteiger partial charge in [0.15, 0.2) is 13.0 Å². The van der Waals surface area contributed by atoms with E-state index < -0.39 is 7.75 Å². The van der Waals surface area contributed by atoms with Crippen molar-refractivity contribution in [2.75, 3.05) is 24.6 Å². The molecule has 6 nitrogen and oxygen atoms in total. The monoisotopic (exact) mass is 285 g/mol. The number of aldehydes is 1. The molecule has 1 heterocycles. The summed E-state index contributed by atoms with van der Waals surface area (Å²) in [6, 6.07) is 5.05. The van der Waals surface area contributed by atoms with Crippen molar-refractivity contribution in [2.24, 2.45) is 0 Å². The molecular formula is C12H16NO5P. The quantitative estimate of drug-likeness (QED) is 0.591. The Labute approximate surface area is 111 Å². The normalized spacial score (nSPS) is 14.1. The highest BCUT2D eigenvalue weighted by Gasteiger charge is 2.40. The summed E-state index contributed by atoms with van der Waals surface area (Å²) >= 11 is 0. The second kappa shape index (κ2) is 5.74. The van der Waals surface area contributed by atoms with E-state index in [1.807, 2.05) is 0 Å².